The lowest BCUT2D eigenvalue weighted by Crippen LogP contribution is -2.49. The van der Waals surface area contributed by atoms with Gasteiger partial charge in [0.1, 0.15) is 5.82 Å². The van der Waals surface area contributed by atoms with E-state index in [4.69, 9.17) is 23.1 Å². The summed E-state index contributed by atoms with van der Waals surface area (Å²) >= 11 is 5.51. The summed E-state index contributed by atoms with van der Waals surface area (Å²) in [7, 11) is 0. The third-order valence-corrected chi connectivity index (χ3v) is 1.03. The van der Waals surface area contributed by atoms with E-state index in [9.17, 15) is 0 Å². The lowest BCUT2D eigenvalue weighted by Gasteiger charge is -2.21. The molecule has 0 aromatic heterocycles. The van der Waals surface area contributed by atoms with E-state index in [1.807, 2.05) is 0 Å². The smallest absolute Gasteiger partial charge is 0.263 e. The SMILES string of the molecule is NC1=CC=NC(N)(Cl)N1. The lowest BCUT2D eigenvalue weighted by atomic mass is 10.5. The Bertz CT molecular complexity index is 171. The summed E-state index contributed by atoms with van der Waals surface area (Å²) in [4.78, 5) is 3.66. The Morgan fingerprint density at radius 3 is 2.78 bits per heavy atom. The van der Waals surface area contributed by atoms with Crippen molar-refractivity contribution >= 4 is 17.8 Å². The molecule has 0 amide bonds. The van der Waals surface area contributed by atoms with Gasteiger partial charge in [-0.2, -0.15) is 0 Å². The van der Waals surface area contributed by atoms with Gasteiger partial charge in [-0.1, -0.05) is 11.6 Å². The van der Waals surface area contributed by atoms with Crippen molar-refractivity contribution in [1.29, 1.82) is 0 Å². The Morgan fingerprint density at radius 1 is 1.78 bits per heavy atom. The molecule has 0 aromatic rings. The minimum absolute atomic E-state index is 0.419. The fourth-order valence-electron chi connectivity index (χ4n) is 0.502. The van der Waals surface area contributed by atoms with Crippen LogP contribution in [0, 0.1) is 0 Å². The van der Waals surface area contributed by atoms with E-state index in [2.05, 4.69) is 10.3 Å². The second-order valence-electron chi connectivity index (χ2n) is 1.70. The van der Waals surface area contributed by atoms with Crippen LogP contribution in [0.25, 0.3) is 0 Å². The molecule has 5 heteroatoms. The van der Waals surface area contributed by atoms with Crippen molar-refractivity contribution in [3.63, 3.8) is 0 Å². The predicted molar refractivity (Wildman–Crippen MR) is 36.7 cm³/mol. The predicted octanol–water partition coefficient (Wildman–Crippen LogP) is -0.731. The number of allylic oxidation sites excluding steroid dienone is 1. The van der Waals surface area contributed by atoms with Gasteiger partial charge in [-0.15, -0.1) is 0 Å². The van der Waals surface area contributed by atoms with Crippen molar-refractivity contribution < 1.29 is 0 Å². The first-order valence-corrected chi connectivity index (χ1v) is 2.75. The van der Waals surface area contributed by atoms with E-state index < -0.39 is 5.25 Å². The van der Waals surface area contributed by atoms with Gasteiger partial charge >= 0.3 is 0 Å². The van der Waals surface area contributed by atoms with Gasteiger partial charge in [-0.05, 0) is 6.08 Å². The molecule has 0 bridgehead atoms. The van der Waals surface area contributed by atoms with Crippen molar-refractivity contribution in [2.75, 3.05) is 0 Å². The van der Waals surface area contributed by atoms with Crippen LogP contribution in [-0.2, 0) is 0 Å². The fraction of sp³-hybridized carbons (Fsp3) is 0.250. The maximum atomic E-state index is 5.51. The Balaban J connectivity index is 2.73. The lowest BCUT2D eigenvalue weighted by molar-refractivity contribution is 0.538. The van der Waals surface area contributed by atoms with Crippen molar-refractivity contribution in [2.24, 2.45) is 16.5 Å². The number of nitrogens with one attached hydrogen (secondary N) is 1. The van der Waals surface area contributed by atoms with Crippen molar-refractivity contribution in [3.05, 3.63) is 11.9 Å². The molecule has 0 aliphatic carbocycles. The monoisotopic (exact) mass is 146 g/mol. The van der Waals surface area contributed by atoms with E-state index in [0.717, 1.165) is 0 Å². The maximum Gasteiger partial charge on any atom is 0.263 e. The zero-order valence-electron chi connectivity index (χ0n) is 4.63. The highest BCUT2D eigenvalue weighted by atomic mass is 35.5. The highest BCUT2D eigenvalue weighted by molar-refractivity contribution is 6.23. The summed E-state index contributed by atoms with van der Waals surface area (Å²) in [6.45, 7) is 0. The summed E-state index contributed by atoms with van der Waals surface area (Å²) in [5.41, 5.74) is 10.6. The summed E-state index contributed by atoms with van der Waals surface area (Å²) in [5, 5.41) is 1.29. The summed E-state index contributed by atoms with van der Waals surface area (Å²) in [5.74, 6) is 0.419. The Kier molecular flexibility index (Phi) is 1.34. The molecule has 0 aromatic carbocycles. The molecule has 0 fully saturated rings. The molecular weight excluding hydrogens is 140 g/mol. The molecule has 4 nitrogen and oxygen atoms in total. The number of alkyl halides is 1. The van der Waals surface area contributed by atoms with Crippen LogP contribution >= 0.6 is 11.6 Å². The molecule has 0 saturated heterocycles. The standard InChI is InChI=1S/C4H7ClN4/c5-4(7)8-2-1-3(6)9-4/h1-2,9H,6-7H2. The van der Waals surface area contributed by atoms with E-state index in [0.29, 0.717) is 5.82 Å². The molecule has 1 aliphatic rings. The molecule has 1 rings (SSSR count). The second-order valence-corrected chi connectivity index (χ2v) is 2.27. The van der Waals surface area contributed by atoms with Crippen LogP contribution in [0.3, 0.4) is 0 Å². The quantitative estimate of drug-likeness (QED) is 0.312. The molecule has 5 N–H and O–H groups in total. The molecule has 1 aliphatic heterocycles. The van der Waals surface area contributed by atoms with Gasteiger partial charge in [0.25, 0.3) is 5.25 Å². The van der Waals surface area contributed by atoms with Crippen molar-refractivity contribution in [1.82, 2.24) is 5.32 Å². The van der Waals surface area contributed by atoms with Gasteiger partial charge in [0.05, 0.1) is 0 Å². The van der Waals surface area contributed by atoms with Crippen LogP contribution in [-0.4, -0.2) is 11.5 Å². The third kappa shape index (κ3) is 1.58. The average Bonchev–Trinajstić information content (AvgIpc) is 1.60. The number of aliphatic imine (C=N–C) groups is 1. The first-order valence-electron chi connectivity index (χ1n) is 2.37. The largest absolute Gasteiger partial charge is 0.385 e. The number of nitrogens with zero attached hydrogens (tertiary/aromatic N) is 1. The highest BCUT2D eigenvalue weighted by Gasteiger charge is 2.20. The normalized spacial score (nSPS) is 33.3. The summed E-state index contributed by atoms with van der Waals surface area (Å²) in [6.07, 6.45) is 3.03. The first-order chi connectivity index (χ1) is 4.10. The molecule has 9 heavy (non-hydrogen) atoms. The van der Waals surface area contributed by atoms with Gasteiger partial charge in [0.2, 0.25) is 0 Å². The van der Waals surface area contributed by atoms with E-state index in [1.54, 1.807) is 6.08 Å². The fourth-order valence-corrected chi connectivity index (χ4v) is 0.668. The molecule has 1 unspecified atom stereocenters. The van der Waals surface area contributed by atoms with E-state index in [-0.39, 0.29) is 0 Å². The van der Waals surface area contributed by atoms with Crippen LogP contribution in [0.15, 0.2) is 16.9 Å². The zero-order chi connectivity index (χ0) is 6.91. The zero-order valence-corrected chi connectivity index (χ0v) is 5.39. The molecule has 0 saturated carbocycles. The topological polar surface area (TPSA) is 76.4 Å². The van der Waals surface area contributed by atoms with Crippen LogP contribution in [0.1, 0.15) is 0 Å². The molecular formula is C4H7ClN4. The Hall–Kier alpha value is -0.740. The molecule has 1 atom stereocenters. The van der Waals surface area contributed by atoms with Crippen molar-refractivity contribution in [3.8, 4) is 0 Å². The van der Waals surface area contributed by atoms with Crippen LogP contribution in [0.2, 0.25) is 0 Å². The Morgan fingerprint density at radius 2 is 2.44 bits per heavy atom. The van der Waals surface area contributed by atoms with Gasteiger partial charge in [0, 0.05) is 6.21 Å². The highest BCUT2D eigenvalue weighted by Crippen LogP contribution is 2.07. The van der Waals surface area contributed by atoms with Gasteiger partial charge in [-0.25, -0.2) is 4.99 Å². The summed E-state index contributed by atoms with van der Waals surface area (Å²) in [6, 6.07) is 0. The summed E-state index contributed by atoms with van der Waals surface area (Å²) < 4.78 is 0. The number of hydrogen-bond donors (Lipinski definition) is 3. The number of nitrogens with two attached hydrogens (primary N) is 2. The maximum absolute atomic E-state index is 5.51. The van der Waals surface area contributed by atoms with Gasteiger partial charge in [0.15, 0.2) is 0 Å². The van der Waals surface area contributed by atoms with Crippen LogP contribution in [0.4, 0.5) is 0 Å². The second kappa shape index (κ2) is 1.89. The first kappa shape index (κ1) is 6.38. The van der Waals surface area contributed by atoms with Crippen LogP contribution in [0.5, 0.6) is 0 Å². The molecule has 0 radical (unpaired) electrons. The Labute approximate surface area is 57.6 Å². The van der Waals surface area contributed by atoms with Crippen molar-refractivity contribution in [2.45, 2.75) is 5.25 Å². The third-order valence-electron chi connectivity index (χ3n) is 0.836. The number of halogens is 1. The minimum Gasteiger partial charge on any atom is -0.385 e. The van der Waals surface area contributed by atoms with Gasteiger partial charge < -0.3 is 11.1 Å². The van der Waals surface area contributed by atoms with Gasteiger partial charge in [-0.3, -0.25) is 5.73 Å². The molecule has 1 heterocycles. The number of hydrogen-bond acceptors (Lipinski definition) is 4. The van der Waals surface area contributed by atoms with E-state index in [1.165, 1.54) is 6.21 Å². The minimum atomic E-state index is -1.25. The number of rotatable bonds is 0. The van der Waals surface area contributed by atoms with Crippen LogP contribution < -0.4 is 16.8 Å². The van der Waals surface area contributed by atoms with E-state index >= 15 is 0 Å². The molecule has 0 spiro atoms. The molecule has 50 valence electrons. The average molecular weight is 147 g/mol.